The second kappa shape index (κ2) is 13.7. The molecule has 0 saturated carbocycles. The molecule has 2 aromatic heterocycles. The normalized spacial score (nSPS) is 15.6. The minimum Gasteiger partial charge on any atom is -0.485 e. The van der Waals surface area contributed by atoms with Crippen molar-refractivity contribution >= 4 is 60.0 Å². The standard InChI is InChI=1S/C58H36N2O2/c1-3-11-35(12-4-1)36-19-21-37(22-20-36)41-24-29-49-54(33-41)62-57-55(59-58(60-56(49)57)38-13-5-2-6-14-38)42-25-28-48-51-32-40(26-30-52(51)61-53(48)34-42)39-23-27-47-45-17-8-7-15-43(45)44-16-9-10-18-46(44)50(47)31-39/h1-34,51-52H. The first kappa shape index (κ1) is 34.8. The van der Waals surface area contributed by atoms with Crippen LogP contribution in [0, 0.1) is 0 Å². The predicted molar refractivity (Wildman–Crippen MR) is 254 cm³/mol. The molecule has 9 aromatic carbocycles. The predicted octanol–water partition coefficient (Wildman–Crippen LogP) is 15.0. The molecule has 0 fully saturated rings. The van der Waals surface area contributed by atoms with Crippen LogP contribution in [0.15, 0.2) is 211 Å². The average molecular weight is 793 g/mol. The maximum absolute atomic E-state index is 6.76. The summed E-state index contributed by atoms with van der Waals surface area (Å²) in [5, 5.41) is 8.62. The third kappa shape index (κ3) is 5.54. The fourth-order valence-corrected chi connectivity index (χ4v) is 9.75. The molecule has 4 heteroatoms. The van der Waals surface area contributed by atoms with Crippen LogP contribution >= 0.6 is 0 Å². The van der Waals surface area contributed by atoms with Gasteiger partial charge in [-0.25, -0.2) is 9.97 Å². The number of rotatable bonds is 5. The van der Waals surface area contributed by atoms with Gasteiger partial charge in [0.2, 0.25) is 0 Å². The number of benzene rings is 9. The highest BCUT2D eigenvalue weighted by Crippen LogP contribution is 2.47. The summed E-state index contributed by atoms with van der Waals surface area (Å²) in [5.74, 6) is 1.60. The molecule has 0 N–H and O–H groups in total. The second-order valence-electron chi connectivity index (χ2n) is 16.4. The van der Waals surface area contributed by atoms with Gasteiger partial charge in [0, 0.05) is 28.0 Å². The van der Waals surface area contributed by atoms with Crippen LogP contribution < -0.4 is 4.74 Å². The molecule has 1 aliphatic carbocycles. The van der Waals surface area contributed by atoms with Gasteiger partial charge in [-0.05, 0) is 96.0 Å². The second-order valence-corrected chi connectivity index (χ2v) is 16.4. The van der Waals surface area contributed by atoms with E-state index in [1.54, 1.807) is 0 Å². The van der Waals surface area contributed by atoms with Crippen molar-refractivity contribution in [2.24, 2.45) is 0 Å². The average Bonchev–Trinajstić information content (AvgIpc) is 3.91. The van der Waals surface area contributed by atoms with Gasteiger partial charge in [-0.3, -0.25) is 0 Å². The van der Waals surface area contributed by atoms with E-state index in [1.165, 1.54) is 60.1 Å². The van der Waals surface area contributed by atoms with Gasteiger partial charge < -0.3 is 9.15 Å². The summed E-state index contributed by atoms with van der Waals surface area (Å²) in [6.07, 6.45) is 6.72. The Hall–Kier alpha value is -8.08. The summed E-state index contributed by atoms with van der Waals surface area (Å²) in [5.41, 5.74) is 13.0. The van der Waals surface area contributed by atoms with Crippen LogP contribution in [-0.2, 0) is 0 Å². The molecule has 11 aromatic rings. The van der Waals surface area contributed by atoms with Crippen molar-refractivity contribution in [2.45, 2.75) is 12.0 Å². The Morgan fingerprint density at radius 3 is 1.71 bits per heavy atom. The molecule has 4 nitrogen and oxygen atoms in total. The Balaban J connectivity index is 0.886. The number of hydrogen-bond acceptors (Lipinski definition) is 4. The van der Waals surface area contributed by atoms with E-state index in [0.717, 1.165) is 50.2 Å². The van der Waals surface area contributed by atoms with Gasteiger partial charge in [-0.15, -0.1) is 0 Å². The molecular weight excluding hydrogens is 757 g/mol. The number of allylic oxidation sites excluding steroid dienone is 2. The number of nitrogens with zero attached hydrogens (tertiary/aromatic N) is 2. The molecule has 0 saturated heterocycles. The summed E-state index contributed by atoms with van der Waals surface area (Å²) >= 11 is 0. The SMILES string of the molecule is C1=CC2Oc3cc(-c4nc(-c5ccccc5)nc5c4oc4cc(-c6ccc(-c7ccccc7)cc6)ccc45)ccc3C2C=C1c1ccc2c3ccccc3c3ccccc3c2c1. The summed E-state index contributed by atoms with van der Waals surface area (Å²) in [7, 11) is 0. The highest BCUT2D eigenvalue weighted by molar-refractivity contribution is 6.25. The van der Waals surface area contributed by atoms with Crippen molar-refractivity contribution in [1.82, 2.24) is 9.97 Å². The molecule has 0 spiro atoms. The number of furan rings is 1. The highest BCUT2D eigenvalue weighted by atomic mass is 16.5. The maximum atomic E-state index is 6.76. The lowest BCUT2D eigenvalue weighted by Gasteiger charge is -2.19. The first-order valence-corrected chi connectivity index (χ1v) is 21.2. The van der Waals surface area contributed by atoms with E-state index in [4.69, 9.17) is 19.1 Å². The van der Waals surface area contributed by atoms with Crippen molar-refractivity contribution in [3.05, 3.63) is 217 Å². The van der Waals surface area contributed by atoms with Gasteiger partial charge in [-0.2, -0.15) is 0 Å². The third-order valence-corrected chi connectivity index (χ3v) is 12.8. The lowest BCUT2D eigenvalue weighted by atomic mass is 9.85. The van der Waals surface area contributed by atoms with Crippen LogP contribution in [0.3, 0.4) is 0 Å². The van der Waals surface area contributed by atoms with E-state index < -0.39 is 0 Å². The van der Waals surface area contributed by atoms with E-state index in [2.05, 4.69) is 182 Å². The summed E-state index contributed by atoms with van der Waals surface area (Å²) in [6.45, 7) is 0. The van der Waals surface area contributed by atoms with Crippen LogP contribution in [0.25, 0.3) is 105 Å². The smallest absolute Gasteiger partial charge is 0.180 e. The minimum absolute atomic E-state index is 0.0831. The highest BCUT2D eigenvalue weighted by Gasteiger charge is 2.34. The molecule has 290 valence electrons. The molecule has 0 bridgehead atoms. The first-order chi connectivity index (χ1) is 30.7. The minimum atomic E-state index is -0.0918. The largest absolute Gasteiger partial charge is 0.485 e. The molecule has 0 amide bonds. The lowest BCUT2D eigenvalue weighted by molar-refractivity contribution is 0.269. The molecule has 13 rings (SSSR count). The van der Waals surface area contributed by atoms with Crippen molar-refractivity contribution in [2.75, 3.05) is 0 Å². The molecule has 2 unspecified atom stereocenters. The van der Waals surface area contributed by atoms with E-state index in [1.807, 2.05) is 24.3 Å². The molecule has 1 aliphatic heterocycles. The number of aromatic nitrogens is 2. The number of ether oxygens (including phenoxy) is 1. The summed E-state index contributed by atoms with van der Waals surface area (Å²) in [6, 6.07) is 66.6. The number of hydrogen-bond donors (Lipinski definition) is 0. The van der Waals surface area contributed by atoms with E-state index in [0.29, 0.717) is 11.4 Å². The van der Waals surface area contributed by atoms with Gasteiger partial charge in [0.1, 0.15) is 28.6 Å². The summed E-state index contributed by atoms with van der Waals surface area (Å²) in [4.78, 5) is 10.3. The van der Waals surface area contributed by atoms with Crippen molar-refractivity contribution < 1.29 is 9.15 Å². The monoisotopic (exact) mass is 792 g/mol. The quantitative estimate of drug-likeness (QED) is 0.163. The van der Waals surface area contributed by atoms with Crippen molar-refractivity contribution in [3.8, 4) is 50.6 Å². The Kier molecular flexibility index (Phi) is 7.70. The summed E-state index contributed by atoms with van der Waals surface area (Å²) < 4.78 is 13.5. The van der Waals surface area contributed by atoms with E-state index in [-0.39, 0.29) is 12.0 Å². The Labute approximate surface area is 357 Å². The molecule has 0 radical (unpaired) electrons. The molecular formula is C58H36N2O2. The zero-order chi connectivity index (χ0) is 40.7. The third-order valence-electron chi connectivity index (χ3n) is 12.8. The zero-order valence-corrected chi connectivity index (χ0v) is 33.5. The van der Waals surface area contributed by atoms with Gasteiger partial charge in [0.25, 0.3) is 0 Å². The van der Waals surface area contributed by atoms with Crippen LogP contribution in [0.4, 0.5) is 0 Å². The van der Waals surface area contributed by atoms with Crippen LogP contribution in [0.5, 0.6) is 5.75 Å². The topological polar surface area (TPSA) is 48.2 Å². The van der Waals surface area contributed by atoms with Crippen molar-refractivity contribution in [3.63, 3.8) is 0 Å². The number of fused-ring (bicyclic) bond motifs is 12. The fourth-order valence-electron chi connectivity index (χ4n) is 9.75. The van der Waals surface area contributed by atoms with Crippen LogP contribution in [0.1, 0.15) is 17.0 Å². The van der Waals surface area contributed by atoms with Gasteiger partial charge >= 0.3 is 0 Å². The Bertz CT molecular complexity index is 3620. The van der Waals surface area contributed by atoms with E-state index in [9.17, 15) is 0 Å². The lowest BCUT2D eigenvalue weighted by Crippen LogP contribution is -2.16. The fraction of sp³-hybridized carbons (Fsp3) is 0.0345. The van der Waals surface area contributed by atoms with E-state index >= 15 is 0 Å². The molecule has 3 heterocycles. The first-order valence-electron chi connectivity index (χ1n) is 21.2. The van der Waals surface area contributed by atoms with Crippen molar-refractivity contribution in [1.29, 1.82) is 0 Å². The molecule has 2 aliphatic rings. The van der Waals surface area contributed by atoms with Gasteiger partial charge in [0.15, 0.2) is 11.4 Å². The van der Waals surface area contributed by atoms with Gasteiger partial charge in [0.05, 0.1) is 0 Å². The molecule has 62 heavy (non-hydrogen) atoms. The zero-order valence-electron chi connectivity index (χ0n) is 33.5. The van der Waals surface area contributed by atoms with Crippen LogP contribution in [0.2, 0.25) is 0 Å². The Morgan fingerprint density at radius 2 is 0.984 bits per heavy atom. The maximum Gasteiger partial charge on any atom is 0.180 e. The molecule has 2 atom stereocenters. The van der Waals surface area contributed by atoms with Gasteiger partial charge in [-0.1, -0.05) is 176 Å². The van der Waals surface area contributed by atoms with Crippen LogP contribution in [-0.4, -0.2) is 16.1 Å². The Morgan fingerprint density at radius 1 is 0.419 bits per heavy atom.